The van der Waals surface area contributed by atoms with Crippen LogP contribution in [0.3, 0.4) is 0 Å². The third-order valence-electron chi connectivity index (χ3n) is 5.15. The second kappa shape index (κ2) is 6.60. The van der Waals surface area contributed by atoms with Gasteiger partial charge in [0.15, 0.2) is 0 Å². The van der Waals surface area contributed by atoms with Gasteiger partial charge in [-0.3, -0.25) is 14.8 Å². The summed E-state index contributed by atoms with van der Waals surface area (Å²) in [5.41, 5.74) is 1.30. The standard InChI is InChI=1S/C16H26N4O/c1-12(16(21)19-15-4-2-3-5-15)20-8-6-13(7-9-20)14-10-17-18-11-14/h10-13,15H,2-9H2,1H3,(H,17,18)(H,19,21)/t12-/m0/s1. The van der Waals surface area contributed by atoms with E-state index in [2.05, 4.69) is 20.4 Å². The topological polar surface area (TPSA) is 61.0 Å². The first-order valence-corrected chi connectivity index (χ1v) is 8.27. The molecular formula is C16H26N4O. The fraction of sp³-hybridized carbons (Fsp3) is 0.750. The predicted octanol–water partition coefficient (Wildman–Crippen LogP) is 2.04. The number of carbonyl (C=O) groups is 1. The van der Waals surface area contributed by atoms with E-state index in [0.717, 1.165) is 38.8 Å². The lowest BCUT2D eigenvalue weighted by molar-refractivity contribution is -0.127. The van der Waals surface area contributed by atoms with E-state index in [9.17, 15) is 4.79 Å². The van der Waals surface area contributed by atoms with Crippen molar-refractivity contribution >= 4 is 5.91 Å². The maximum Gasteiger partial charge on any atom is 0.237 e. The molecule has 5 heteroatoms. The maximum absolute atomic E-state index is 12.3. The normalized spacial score (nSPS) is 23.3. The van der Waals surface area contributed by atoms with E-state index >= 15 is 0 Å². The summed E-state index contributed by atoms with van der Waals surface area (Å²) in [7, 11) is 0. The van der Waals surface area contributed by atoms with Crippen LogP contribution in [0, 0.1) is 0 Å². The van der Waals surface area contributed by atoms with E-state index in [-0.39, 0.29) is 11.9 Å². The first kappa shape index (κ1) is 14.6. The van der Waals surface area contributed by atoms with E-state index in [1.54, 1.807) is 0 Å². The Balaban J connectivity index is 1.47. The minimum Gasteiger partial charge on any atom is -0.352 e. The number of hydrogen-bond acceptors (Lipinski definition) is 3. The van der Waals surface area contributed by atoms with Crippen LogP contribution in [-0.2, 0) is 4.79 Å². The Hall–Kier alpha value is -1.36. The van der Waals surface area contributed by atoms with Gasteiger partial charge >= 0.3 is 0 Å². The second-order valence-electron chi connectivity index (χ2n) is 6.51. The molecule has 1 aliphatic carbocycles. The second-order valence-corrected chi connectivity index (χ2v) is 6.51. The van der Waals surface area contributed by atoms with Gasteiger partial charge in [-0.1, -0.05) is 12.8 Å². The third kappa shape index (κ3) is 3.46. The molecule has 0 bridgehead atoms. The van der Waals surface area contributed by atoms with Gasteiger partial charge in [-0.2, -0.15) is 5.10 Å². The number of rotatable bonds is 4. The van der Waals surface area contributed by atoms with Gasteiger partial charge in [-0.05, 0) is 57.2 Å². The SMILES string of the molecule is C[C@@H](C(=O)NC1CCCC1)N1CCC(c2cn[nH]c2)CC1. The Morgan fingerprint density at radius 2 is 2.05 bits per heavy atom. The van der Waals surface area contributed by atoms with Crippen LogP contribution in [0.1, 0.15) is 56.9 Å². The lowest BCUT2D eigenvalue weighted by atomic mass is 9.91. The van der Waals surface area contributed by atoms with E-state index in [1.807, 2.05) is 19.3 Å². The van der Waals surface area contributed by atoms with Crippen molar-refractivity contribution in [3.63, 3.8) is 0 Å². The van der Waals surface area contributed by atoms with E-state index in [0.29, 0.717) is 12.0 Å². The van der Waals surface area contributed by atoms with Crippen molar-refractivity contribution in [2.75, 3.05) is 13.1 Å². The Kier molecular flexibility index (Phi) is 4.58. The lowest BCUT2D eigenvalue weighted by Crippen LogP contribution is -2.49. The predicted molar refractivity (Wildman–Crippen MR) is 82.0 cm³/mol. The number of likely N-dealkylation sites (tertiary alicyclic amines) is 1. The highest BCUT2D eigenvalue weighted by Crippen LogP contribution is 2.28. The molecule has 2 N–H and O–H groups in total. The molecule has 3 rings (SSSR count). The number of hydrogen-bond donors (Lipinski definition) is 2. The minimum absolute atomic E-state index is 0.00380. The van der Waals surface area contributed by atoms with Crippen molar-refractivity contribution < 1.29 is 4.79 Å². The summed E-state index contributed by atoms with van der Waals surface area (Å²) in [6, 6.07) is 0.416. The Morgan fingerprint density at radius 1 is 1.33 bits per heavy atom. The molecule has 0 spiro atoms. The molecule has 1 atom stereocenters. The number of H-pyrrole nitrogens is 1. The van der Waals surface area contributed by atoms with Crippen LogP contribution >= 0.6 is 0 Å². The molecular weight excluding hydrogens is 264 g/mol. The zero-order valence-electron chi connectivity index (χ0n) is 12.8. The van der Waals surface area contributed by atoms with Crippen LogP contribution in [-0.4, -0.2) is 46.2 Å². The molecule has 116 valence electrons. The van der Waals surface area contributed by atoms with Crippen molar-refractivity contribution in [3.05, 3.63) is 18.0 Å². The lowest BCUT2D eigenvalue weighted by Gasteiger charge is -2.35. The van der Waals surface area contributed by atoms with Crippen molar-refractivity contribution in [2.24, 2.45) is 0 Å². The molecule has 0 unspecified atom stereocenters. The van der Waals surface area contributed by atoms with Gasteiger partial charge in [0.25, 0.3) is 0 Å². The average Bonchev–Trinajstić information content (AvgIpc) is 3.20. The van der Waals surface area contributed by atoms with Gasteiger partial charge in [0.1, 0.15) is 0 Å². The number of amides is 1. The zero-order chi connectivity index (χ0) is 14.7. The summed E-state index contributed by atoms with van der Waals surface area (Å²) in [6.45, 7) is 4.03. The van der Waals surface area contributed by atoms with Crippen LogP contribution in [0.25, 0.3) is 0 Å². The molecule has 1 aromatic rings. The fourth-order valence-electron chi connectivity index (χ4n) is 3.66. The molecule has 5 nitrogen and oxygen atoms in total. The van der Waals surface area contributed by atoms with Gasteiger partial charge in [0.05, 0.1) is 12.2 Å². The molecule has 2 aliphatic rings. The van der Waals surface area contributed by atoms with Crippen molar-refractivity contribution in [1.29, 1.82) is 0 Å². The van der Waals surface area contributed by atoms with Crippen molar-refractivity contribution in [1.82, 2.24) is 20.4 Å². The van der Waals surface area contributed by atoms with Gasteiger partial charge in [0, 0.05) is 12.2 Å². The minimum atomic E-state index is -0.00380. The number of aromatic amines is 1. The zero-order valence-corrected chi connectivity index (χ0v) is 12.8. The maximum atomic E-state index is 12.3. The summed E-state index contributed by atoms with van der Waals surface area (Å²) in [5, 5.41) is 10.1. The fourth-order valence-corrected chi connectivity index (χ4v) is 3.66. The number of carbonyl (C=O) groups excluding carboxylic acids is 1. The molecule has 1 amide bonds. The van der Waals surface area contributed by atoms with Crippen LogP contribution in [0.15, 0.2) is 12.4 Å². The Morgan fingerprint density at radius 3 is 2.67 bits per heavy atom. The van der Waals surface area contributed by atoms with Gasteiger partial charge < -0.3 is 5.32 Å². The average molecular weight is 290 g/mol. The molecule has 1 saturated carbocycles. The Bertz CT molecular complexity index is 445. The van der Waals surface area contributed by atoms with E-state index in [1.165, 1.54) is 18.4 Å². The van der Waals surface area contributed by atoms with E-state index < -0.39 is 0 Å². The number of aromatic nitrogens is 2. The van der Waals surface area contributed by atoms with Crippen LogP contribution < -0.4 is 5.32 Å². The quantitative estimate of drug-likeness (QED) is 0.892. The van der Waals surface area contributed by atoms with Crippen LogP contribution in [0.2, 0.25) is 0 Å². The summed E-state index contributed by atoms with van der Waals surface area (Å²) >= 11 is 0. The molecule has 1 aromatic heterocycles. The number of nitrogens with one attached hydrogen (secondary N) is 2. The van der Waals surface area contributed by atoms with E-state index in [4.69, 9.17) is 0 Å². The van der Waals surface area contributed by atoms with Gasteiger partial charge in [-0.15, -0.1) is 0 Å². The van der Waals surface area contributed by atoms with Crippen molar-refractivity contribution in [3.8, 4) is 0 Å². The molecule has 21 heavy (non-hydrogen) atoms. The first-order chi connectivity index (χ1) is 10.2. The first-order valence-electron chi connectivity index (χ1n) is 8.27. The molecule has 1 aliphatic heterocycles. The molecule has 0 radical (unpaired) electrons. The number of piperidine rings is 1. The van der Waals surface area contributed by atoms with Crippen molar-refractivity contribution in [2.45, 2.75) is 63.5 Å². The summed E-state index contributed by atoms with van der Waals surface area (Å²) in [5.74, 6) is 0.800. The highest BCUT2D eigenvalue weighted by Gasteiger charge is 2.29. The monoisotopic (exact) mass is 290 g/mol. The molecule has 0 aromatic carbocycles. The van der Waals surface area contributed by atoms with Gasteiger partial charge in [0.2, 0.25) is 5.91 Å². The third-order valence-corrected chi connectivity index (χ3v) is 5.15. The van der Waals surface area contributed by atoms with Crippen LogP contribution in [0.5, 0.6) is 0 Å². The molecule has 2 fully saturated rings. The van der Waals surface area contributed by atoms with Gasteiger partial charge in [-0.25, -0.2) is 0 Å². The summed E-state index contributed by atoms with van der Waals surface area (Å²) in [6.07, 6.45) is 11.0. The largest absolute Gasteiger partial charge is 0.352 e. The summed E-state index contributed by atoms with van der Waals surface area (Å²) < 4.78 is 0. The molecule has 2 heterocycles. The number of nitrogens with zero attached hydrogens (tertiary/aromatic N) is 2. The van der Waals surface area contributed by atoms with Crippen LogP contribution in [0.4, 0.5) is 0 Å². The highest BCUT2D eigenvalue weighted by atomic mass is 16.2. The Labute approximate surface area is 126 Å². The molecule has 1 saturated heterocycles. The smallest absolute Gasteiger partial charge is 0.237 e. The summed E-state index contributed by atoms with van der Waals surface area (Å²) in [4.78, 5) is 14.7. The highest BCUT2D eigenvalue weighted by molar-refractivity contribution is 5.81.